The molecule has 2 amide bonds. The summed E-state index contributed by atoms with van der Waals surface area (Å²) in [6.07, 6.45) is -3.11. The van der Waals surface area contributed by atoms with Crippen LogP contribution in [-0.4, -0.2) is 22.1 Å². The van der Waals surface area contributed by atoms with Gasteiger partial charge in [0, 0.05) is 18.1 Å². The van der Waals surface area contributed by atoms with Gasteiger partial charge in [0.1, 0.15) is 6.04 Å². The molecular formula is C21H16F3N3O3. The number of hydrogen-bond acceptors (Lipinski definition) is 3. The van der Waals surface area contributed by atoms with Crippen molar-refractivity contribution in [2.75, 3.05) is 5.32 Å². The number of carbonyl (C=O) groups excluding carboxylic acids is 1. The van der Waals surface area contributed by atoms with Crippen molar-refractivity contribution < 1.29 is 27.9 Å². The molecular weight excluding hydrogens is 399 g/mol. The maximum absolute atomic E-state index is 13.3. The Labute approximate surface area is 169 Å². The van der Waals surface area contributed by atoms with Gasteiger partial charge in [-0.25, -0.2) is 4.79 Å². The minimum Gasteiger partial charge on any atom is -0.465 e. The smallest absolute Gasteiger partial charge is 0.416 e. The Balaban J connectivity index is 1.86. The second-order valence-electron chi connectivity index (χ2n) is 6.27. The first-order valence-corrected chi connectivity index (χ1v) is 8.72. The molecule has 0 bridgehead atoms. The molecule has 9 heteroatoms. The third kappa shape index (κ3) is 4.93. The lowest BCUT2D eigenvalue weighted by atomic mass is 9.99. The molecule has 3 rings (SSSR count). The second kappa shape index (κ2) is 8.64. The molecule has 0 aliphatic rings. The van der Waals surface area contributed by atoms with E-state index in [9.17, 15) is 22.8 Å². The number of halogens is 3. The Morgan fingerprint density at radius 1 is 0.900 bits per heavy atom. The predicted molar refractivity (Wildman–Crippen MR) is 104 cm³/mol. The van der Waals surface area contributed by atoms with Crippen LogP contribution in [0.4, 0.5) is 23.7 Å². The van der Waals surface area contributed by atoms with Crippen molar-refractivity contribution in [3.05, 3.63) is 84.2 Å². The molecule has 0 saturated heterocycles. The maximum Gasteiger partial charge on any atom is 0.416 e. The number of alkyl halides is 3. The number of rotatable bonds is 5. The van der Waals surface area contributed by atoms with Crippen LogP contribution in [0.25, 0.3) is 11.1 Å². The number of pyridine rings is 1. The van der Waals surface area contributed by atoms with E-state index in [0.717, 1.165) is 23.3 Å². The molecule has 1 heterocycles. The van der Waals surface area contributed by atoms with Crippen LogP contribution in [0.2, 0.25) is 0 Å². The van der Waals surface area contributed by atoms with E-state index in [0.29, 0.717) is 5.69 Å². The van der Waals surface area contributed by atoms with Crippen LogP contribution in [0.1, 0.15) is 17.2 Å². The molecule has 6 nitrogen and oxygen atoms in total. The highest BCUT2D eigenvalue weighted by Crippen LogP contribution is 2.35. The number of nitrogens with one attached hydrogen (secondary N) is 2. The van der Waals surface area contributed by atoms with Gasteiger partial charge < -0.3 is 15.7 Å². The summed E-state index contributed by atoms with van der Waals surface area (Å²) < 4.78 is 40.0. The number of aromatic nitrogens is 1. The zero-order chi connectivity index (χ0) is 21.7. The van der Waals surface area contributed by atoms with Gasteiger partial charge in [0.15, 0.2) is 0 Å². The largest absolute Gasteiger partial charge is 0.465 e. The molecule has 0 fully saturated rings. The quantitative estimate of drug-likeness (QED) is 0.563. The van der Waals surface area contributed by atoms with E-state index < -0.39 is 35.3 Å². The molecule has 3 N–H and O–H groups in total. The van der Waals surface area contributed by atoms with Crippen LogP contribution in [0.3, 0.4) is 0 Å². The molecule has 3 aromatic rings. The van der Waals surface area contributed by atoms with Crippen LogP contribution in [0, 0.1) is 0 Å². The highest BCUT2D eigenvalue weighted by molar-refractivity contribution is 5.97. The number of amides is 2. The summed E-state index contributed by atoms with van der Waals surface area (Å²) in [5.74, 6) is -0.939. The molecule has 0 radical (unpaired) electrons. The van der Waals surface area contributed by atoms with Crippen molar-refractivity contribution >= 4 is 17.7 Å². The highest BCUT2D eigenvalue weighted by Gasteiger charge is 2.37. The molecule has 1 atom stereocenters. The van der Waals surface area contributed by atoms with Crippen molar-refractivity contribution in [2.45, 2.75) is 12.2 Å². The Morgan fingerprint density at radius 3 is 2.10 bits per heavy atom. The average molecular weight is 415 g/mol. The van der Waals surface area contributed by atoms with E-state index >= 15 is 0 Å². The van der Waals surface area contributed by atoms with Gasteiger partial charge in [-0.3, -0.25) is 9.78 Å². The van der Waals surface area contributed by atoms with Gasteiger partial charge in [-0.2, -0.15) is 13.2 Å². The van der Waals surface area contributed by atoms with Gasteiger partial charge in [0.2, 0.25) is 0 Å². The standard InChI is InChI=1S/C21H16F3N3O3/c22-21(23,24)17-4-2-1-3-16(17)18(27-20(29)30)19(28)26-15-7-5-13(6-8-15)14-9-11-25-12-10-14/h1-12,18,27H,(H,26,28)(H,29,30)/t18-/m0/s1. The van der Waals surface area contributed by atoms with Crippen LogP contribution < -0.4 is 10.6 Å². The summed E-state index contributed by atoms with van der Waals surface area (Å²) in [5.41, 5.74) is 0.468. The number of anilines is 1. The molecule has 154 valence electrons. The third-order valence-corrected chi connectivity index (χ3v) is 4.27. The fraction of sp³-hybridized carbons (Fsp3) is 0.0952. The summed E-state index contributed by atoms with van der Waals surface area (Å²) >= 11 is 0. The first-order valence-electron chi connectivity index (χ1n) is 8.72. The van der Waals surface area contributed by atoms with E-state index in [1.54, 1.807) is 48.8 Å². The number of benzene rings is 2. The predicted octanol–water partition coefficient (Wildman–Crippen LogP) is 4.71. The van der Waals surface area contributed by atoms with Crippen molar-refractivity contribution in [1.29, 1.82) is 0 Å². The molecule has 0 saturated carbocycles. The monoisotopic (exact) mass is 415 g/mol. The van der Waals surface area contributed by atoms with E-state index in [4.69, 9.17) is 5.11 Å². The van der Waals surface area contributed by atoms with E-state index in [1.165, 1.54) is 12.1 Å². The van der Waals surface area contributed by atoms with Crippen LogP contribution in [0.5, 0.6) is 0 Å². The van der Waals surface area contributed by atoms with Gasteiger partial charge in [-0.15, -0.1) is 0 Å². The van der Waals surface area contributed by atoms with Crippen LogP contribution in [0.15, 0.2) is 73.1 Å². The third-order valence-electron chi connectivity index (χ3n) is 4.27. The van der Waals surface area contributed by atoms with Crippen LogP contribution >= 0.6 is 0 Å². The summed E-state index contributed by atoms with van der Waals surface area (Å²) in [6.45, 7) is 0. The normalized spacial score (nSPS) is 12.1. The minimum atomic E-state index is -4.75. The Bertz CT molecular complexity index is 1040. The highest BCUT2D eigenvalue weighted by atomic mass is 19.4. The topological polar surface area (TPSA) is 91.3 Å². The van der Waals surface area contributed by atoms with Crippen molar-refractivity contribution in [1.82, 2.24) is 10.3 Å². The maximum atomic E-state index is 13.3. The first kappa shape index (κ1) is 20.8. The Kier molecular flexibility index (Phi) is 6.01. The second-order valence-corrected chi connectivity index (χ2v) is 6.27. The molecule has 2 aromatic carbocycles. The molecule has 0 unspecified atom stereocenters. The first-order chi connectivity index (χ1) is 14.3. The average Bonchev–Trinajstić information content (AvgIpc) is 2.72. The molecule has 1 aromatic heterocycles. The number of nitrogens with zero attached hydrogens (tertiary/aromatic N) is 1. The fourth-order valence-corrected chi connectivity index (χ4v) is 2.92. The lowest BCUT2D eigenvalue weighted by Crippen LogP contribution is -2.37. The van der Waals surface area contributed by atoms with Gasteiger partial charge in [0.05, 0.1) is 5.56 Å². The SMILES string of the molecule is O=C(O)N[C@H](C(=O)Nc1ccc(-c2ccncc2)cc1)c1ccccc1C(F)(F)F. The van der Waals surface area contributed by atoms with Gasteiger partial charge in [-0.05, 0) is 47.0 Å². The van der Waals surface area contributed by atoms with E-state index in [-0.39, 0.29) is 0 Å². The Morgan fingerprint density at radius 2 is 1.50 bits per heavy atom. The van der Waals surface area contributed by atoms with E-state index in [1.807, 2.05) is 5.32 Å². The van der Waals surface area contributed by atoms with E-state index in [2.05, 4.69) is 10.3 Å². The number of carbonyl (C=O) groups is 2. The zero-order valence-electron chi connectivity index (χ0n) is 15.4. The lowest BCUT2D eigenvalue weighted by Gasteiger charge is -2.21. The van der Waals surface area contributed by atoms with Gasteiger partial charge >= 0.3 is 12.3 Å². The summed E-state index contributed by atoms with van der Waals surface area (Å²) in [7, 11) is 0. The molecule has 0 aliphatic heterocycles. The van der Waals surface area contributed by atoms with Crippen molar-refractivity contribution in [3.63, 3.8) is 0 Å². The molecule has 0 aliphatic carbocycles. The molecule has 0 spiro atoms. The van der Waals surface area contributed by atoms with Gasteiger partial charge in [-0.1, -0.05) is 30.3 Å². The molecule has 30 heavy (non-hydrogen) atoms. The minimum absolute atomic E-state index is 0.305. The number of hydrogen-bond donors (Lipinski definition) is 3. The van der Waals surface area contributed by atoms with Crippen molar-refractivity contribution in [3.8, 4) is 11.1 Å². The Hall–Kier alpha value is -3.88. The van der Waals surface area contributed by atoms with Crippen LogP contribution in [-0.2, 0) is 11.0 Å². The number of carboxylic acid groups (broad SMARTS) is 1. The zero-order valence-corrected chi connectivity index (χ0v) is 15.4. The summed E-state index contributed by atoms with van der Waals surface area (Å²) in [4.78, 5) is 27.7. The lowest BCUT2D eigenvalue weighted by molar-refractivity contribution is -0.138. The summed E-state index contributed by atoms with van der Waals surface area (Å²) in [5, 5.41) is 13.4. The summed E-state index contributed by atoms with van der Waals surface area (Å²) in [6, 6.07) is 12.8. The van der Waals surface area contributed by atoms with Crippen molar-refractivity contribution in [2.24, 2.45) is 0 Å². The fourth-order valence-electron chi connectivity index (χ4n) is 2.92. The van der Waals surface area contributed by atoms with Gasteiger partial charge in [0.25, 0.3) is 5.91 Å².